The van der Waals surface area contributed by atoms with Crippen LogP contribution in [0.25, 0.3) is 0 Å². The molecule has 0 aliphatic rings. The highest BCUT2D eigenvalue weighted by atomic mass is 35.5. The molecular formula is C19H22ClFN2O4S2. The van der Waals surface area contributed by atoms with Crippen LogP contribution in [0.2, 0.25) is 5.02 Å². The minimum absolute atomic E-state index is 0.183. The van der Waals surface area contributed by atoms with Crippen LogP contribution in [0.5, 0.6) is 5.75 Å². The second kappa shape index (κ2) is 10.8. The number of methoxy groups -OCH3 is 1. The number of carbonyl (C=O) groups is 1. The number of benzene rings is 2. The van der Waals surface area contributed by atoms with Crippen molar-refractivity contribution < 1.29 is 22.3 Å². The van der Waals surface area contributed by atoms with Crippen molar-refractivity contribution in [3.63, 3.8) is 0 Å². The fourth-order valence-corrected chi connectivity index (χ4v) is 4.51. The van der Waals surface area contributed by atoms with Crippen LogP contribution in [0.3, 0.4) is 0 Å². The van der Waals surface area contributed by atoms with Crippen molar-refractivity contribution in [2.75, 3.05) is 19.1 Å². The van der Waals surface area contributed by atoms with E-state index in [2.05, 4.69) is 10.0 Å². The van der Waals surface area contributed by atoms with Gasteiger partial charge in [-0.15, -0.1) is 0 Å². The van der Waals surface area contributed by atoms with E-state index in [0.717, 1.165) is 23.8 Å². The SMILES string of the molecule is COc1ccccc1CNC(=O)C(CCSC)NS(=O)(=O)c1ccc(F)c(Cl)c1. The van der Waals surface area contributed by atoms with Crippen LogP contribution in [-0.4, -0.2) is 39.5 Å². The largest absolute Gasteiger partial charge is 0.496 e. The average Bonchev–Trinajstić information content (AvgIpc) is 2.71. The molecule has 158 valence electrons. The van der Waals surface area contributed by atoms with Crippen molar-refractivity contribution in [1.29, 1.82) is 0 Å². The van der Waals surface area contributed by atoms with Crippen molar-refractivity contribution in [3.8, 4) is 5.75 Å². The number of halogens is 2. The molecule has 0 aromatic heterocycles. The maximum atomic E-state index is 13.3. The predicted octanol–water partition coefficient (Wildman–Crippen LogP) is 3.20. The molecule has 2 N–H and O–H groups in total. The van der Waals surface area contributed by atoms with Gasteiger partial charge in [0.2, 0.25) is 15.9 Å². The van der Waals surface area contributed by atoms with Crippen molar-refractivity contribution in [2.45, 2.75) is 23.9 Å². The molecule has 0 spiro atoms. The molecule has 29 heavy (non-hydrogen) atoms. The summed E-state index contributed by atoms with van der Waals surface area (Å²) in [5.41, 5.74) is 0.764. The third kappa shape index (κ3) is 6.60. The Balaban J connectivity index is 2.14. The summed E-state index contributed by atoms with van der Waals surface area (Å²) in [4.78, 5) is 12.5. The van der Waals surface area contributed by atoms with E-state index >= 15 is 0 Å². The van der Waals surface area contributed by atoms with Gasteiger partial charge >= 0.3 is 0 Å². The van der Waals surface area contributed by atoms with Gasteiger partial charge < -0.3 is 10.1 Å². The van der Waals surface area contributed by atoms with Gasteiger partial charge in [-0.05, 0) is 42.7 Å². The van der Waals surface area contributed by atoms with Crippen molar-refractivity contribution in [2.24, 2.45) is 0 Å². The highest BCUT2D eigenvalue weighted by Gasteiger charge is 2.26. The van der Waals surface area contributed by atoms with Crippen LogP contribution < -0.4 is 14.8 Å². The van der Waals surface area contributed by atoms with Gasteiger partial charge in [0.1, 0.15) is 17.6 Å². The highest BCUT2D eigenvalue weighted by molar-refractivity contribution is 7.98. The Labute approximate surface area is 179 Å². The van der Waals surface area contributed by atoms with Gasteiger partial charge in [0.25, 0.3) is 0 Å². The quantitative estimate of drug-likeness (QED) is 0.568. The molecule has 0 aliphatic heterocycles. The van der Waals surface area contributed by atoms with Gasteiger partial charge in [0.15, 0.2) is 0 Å². The van der Waals surface area contributed by atoms with Gasteiger partial charge in [0.05, 0.1) is 17.0 Å². The number of thioether (sulfide) groups is 1. The zero-order valence-corrected chi connectivity index (χ0v) is 18.3. The Hall–Kier alpha value is -1.81. The Bertz CT molecular complexity index is 957. The summed E-state index contributed by atoms with van der Waals surface area (Å²) in [5.74, 6) is -0.00441. The third-order valence-electron chi connectivity index (χ3n) is 4.07. The molecule has 0 saturated heterocycles. The van der Waals surface area contributed by atoms with Crippen LogP contribution in [0.15, 0.2) is 47.4 Å². The van der Waals surface area contributed by atoms with Crippen LogP contribution in [0.4, 0.5) is 4.39 Å². The van der Waals surface area contributed by atoms with Crippen molar-refractivity contribution >= 4 is 39.3 Å². The van der Waals surface area contributed by atoms with E-state index in [-0.39, 0.29) is 22.9 Å². The molecule has 0 heterocycles. The normalized spacial score (nSPS) is 12.4. The fraction of sp³-hybridized carbons (Fsp3) is 0.316. The topological polar surface area (TPSA) is 84.5 Å². The summed E-state index contributed by atoms with van der Waals surface area (Å²) < 4.78 is 46.3. The van der Waals surface area contributed by atoms with Crippen LogP contribution >= 0.6 is 23.4 Å². The minimum Gasteiger partial charge on any atom is -0.496 e. The molecule has 1 amide bonds. The number of ether oxygens (including phenoxy) is 1. The van der Waals surface area contributed by atoms with E-state index in [1.165, 1.54) is 18.9 Å². The second-order valence-electron chi connectivity index (χ2n) is 6.06. The van der Waals surface area contributed by atoms with Gasteiger partial charge in [-0.2, -0.15) is 16.5 Å². The highest BCUT2D eigenvalue weighted by Crippen LogP contribution is 2.20. The molecule has 2 aromatic carbocycles. The summed E-state index contributed by atoms with van der Waals surface area (Å²) in [7, 11) is -2.53. The van der Waals surface area contributed by atoms with E-state index < -0.39 is 27.8 Å². The third-order valence-corrected chi connectivity index (χ3v) is 6.47. The number of amides is 1. The zero-order chi connectivity index (χ0) is 21.4. The molecule has 0 saturated carbocycles. The lowest BCUT2D eigenvalue weighted by Gasteiger charge is -2.19. The van der Waals surface area contributed by atoms with Gasteiger partial charge in [0, 0.05) is 12.1 Å². The maximum Gasteiger partial charge on any atom is 0.241 e. The fourth-order valence-electron chi connectivity index (χ4n) is 2.53. The first kappa shape index (κ1) is 23.5. The van der Waals surface area contributed by atoms with Crippen LogP contribution in [-0.2, 0) is 21.4 Å². The molecule has 0 radical (unpaired) electrons. The van der Waals surface area contributed by atoms with Crippen molar-refractivity contribution in [1.82, 2.24) is 10.0 Å². The van der Waals surface area contributed by atoms with Crippen LogP contribution in [0.1, 0.15) is 12.0 Å². The minimum atomic E-state index is -4.07. The van der Waals surface area contributed by atoms with E-state index in [0.29, 0.717) is 11.5 Å². The predicted molar refractivity (Wildman–Crippen MR) is 113 cm³/mol. The number of nitrogens with one attached hydrogen (secondary N) is 2. The smallest absolute Gasteiger partial charge is 0.241 e. The van der Waals surface area contributed by atoms with Gasteiger partial charge in [-0.25, -0.2) is 12.8 Å². The molecule has 6 nitrogen and oxygen atoms in total. The molecule has 0 fully saturated rings. The molecule has 1 atom stereocenters. The zero-order valence-electron chi connectivity index (χ0n) is 15.9. The summed E-state index contributed by atoms with van der Waals surface area (Å²) in [5, 5.41) is 2.43. The number of hydrogen-bond donors (Lipinski definition) is 2. The standard InChI is InChI=1S/C19H22ClFN2O4S2/c1-27-18-6-4-3-5-13(18)12-22-19(24)17(9-10-28-2)23-29(25,26)14-7-8-16(21)15(20)11-14/h3-8,11,17,23H,9-10,12H2,1-2H3,(H,22,24). The summed E-state index contributed by atoms with van der Waals surface area (Å²) in [6.07, 6.45) is 2.14. The first-order valence-corrected chi connectivity index (χ1v) is 11.9. The van der Waals surface area contributed by atoms with Crippen molar-refractivity contribution in [3.05, 3.63) is 58.9 Å². The van der Waals surface area contributed by atoms with E-state index in [9.17, 15) is 17.6 Å². The Morgan fingerprint density at radius 1 is 1.28 bits per heavy atom. The summed E-state index contributed by atoms with van der Waals surface area (Å²) in [6, 6.07) is 9.29. The number of sulfonamides is 1. The van der Waals surface area contributed by atoms with E-state index in [1.807, 2.05) is 18.4 Å². The monoisotopic (exact) mass is 460 g/mol. The van der Waals surface area contributed by atoms with Crippen LogP contribution in [0, 0.1) is 5.82 Å². The molecule has 10 heteroatoms. The molecule has 2 aromatic rings. The number of carbonyl (C=O) groups excluding carboxylic acids is 1. The number of rotatable bonds is 10. The molecule has 0 bridgehead atoms. The van der Waals surface area contributed by atoms with Gasteiger partial charge in [-0.3, -0.25) is 4.79 Å². The molecule has 0 aliphatic carbocycles. The first-order chi connectivity index (χ1) is 13.8. The van der Waals surface area contributed by atoms with Gasteiger partial charge in [-0.1, -0.05) is 29.8 Å². The van der Waals surface area contributed by atoms with E-state index in [4.69, 9.17) is 16.3 Å². The molecular weight excluding hydrogens is 439 g/mol. The lowest BCUT2D eigenvalue weighted by Crippen LogP contribution is -2.46. The Morgan fingerprint density at radius 3 is 2.66 bits per heavy atom. The average molecular weight is 461 g/mol. The second-order valence-corrected chi connectivity index (χ2v) is 9.17. The maximum absolute atomic E-state index is 13.3. The number of para-hydroxylation sites is 1. The van der Waals surface area contributed by atoms with E-state index in [1.54, 1.807) is 12.1 Å². The number of hydrogen-bond acceptors (Lipinski definition) is 5. The summed E-state index contributed by atoms with van der Waals surface area (Å²) >= 11 is 7.18. The Morgan fingerprint density at radius 2 is 2.00 bits per heavy atom. The molecule has 2 rings (SSSR count). The first-order valence-electron chi connectivity index (χ1n) is 8.64. The lowest BCUT2D eigenvalue weighted by atomic mass is 10.2. The Kier molecular flexibility index (Phi) is 8.76. The lowest BCUT2D eigenvalue weighted by molar-refractivity contribution is -0.122. The summed E-state index contributed by atoms with van der Waals surface area (Å²) in [6.45, 7) is 0.183. The molecule has 1 unspecified atom stereocenters.